The molecule has 0 aliphatic carbocycles. The topological polar surface area (TPSA) is 21.3 Å². The second-order valence-electron chi connectivity index (χ2n) is 5.56. The maximum Gasteiger partial charge on any atom is 0.133 e. The zero-order valence-electron chi connectivity index (χ0n) is 11.4. The summed E-state index contributed by atoms with van der Waals surface area (Å²) in [7, 11) is 0. The van der Waals surface area contributed by atoms with Crippen molar-refractivity contribution in [3.63, 3.8) is 0 Å². The van der Waals surface area contributed by atoms with E-state index in [0.29, 0.717) is 17.7 Å². The molecule has 1 rings (SSSR count). The first-order valence-corrected chi connectivity index (χ1v) is 7.28. The molecule has 0 bridgehead atoms. The molecule has 1 aromatic rings. The highest BCUT2D eigenvalue weighted by Gasteiger charge is 2.19. The predicted octanol–water partition coefficient (Wildman–Crippen LogP) is 4.51. The fourth-order valence-electron chi connectivity index (χ4n) is 1.40. The van der Waals surface area contributed by atoms with Crippen LogP contribution in [0.15, 0.2) is 22.7 Å². The number of rotatable bonds is 6. The van der Waals surface area contributed by atoms with Crippen LogP contribution < -0.4 is 10.1 Å². The van der Waals surface area contributed by atoms with Gasteiger partial charge in [-0.2, -0.15) is 0 Å². The maximum atomic E-state index is 5.90. The number of ether oxygens (including phenoxy) is 1. The van der Waals surface area contributed by atoms with Gasteiger partial charge in [-0.05, 0) is 34.1 Å². The molecule has 4 heteroatoms. The van der Waals surface area contributed by atoms with Gasteiger partial charge in [-0.15, -0.1) is 0 Å². The molecule has 1 N–H and O–H groups in total. The summed E-state index contributed by atoms with van der Waals surface area (Å²) in [6.07, 6.45) is 0. The summed E-state index contributed by atoms with van der Waals surface area (Å²) < 4.78 is 6.73. The fraction of sp³-hybridized carbons (Fsp3) is 0.571. The minimum absolute atomic E-state index is 0.0867. The van der Waals surface area contributed by atoms with E-state index in [9.17, 15) is 0 Å². The molecule has 0 spiro atoms. The molecule has 102 valence electrons. The minimum atomic E-state index is 0.0867. The first kappa shape index (κ1) is 15.8. The van der Waals surface area contributed by atoms with E-state index < -0.39 is 0 Å². The minimum Gasteiger partial charge on any atom is -0.492 e. The van der Waals surface area contributed by atoms with Crippen molar-refractivity contribution < 1.29 is 4.74 Å². The van der Waals surface area contributed by atoms with E-state index in [0.717, 1.165) is 16.8 Å². The van der Waals surface area contributed by atoms with Crippen molar-refractivity contribution in [2.45, 2.75) is 33.7 Å². The molecule has 0 heterocycles. The Morgan fingerprint density at radius 1 is 1.39 bits per heavy atom. The quantitative estimate of drug-likeness (QED) is 0.826. The van der Waals surface area contributed by atoms with Crippen molar-refractivity contribution in [1.82, 2.24) is 5.32 Å². The van der Waals surface area contributed by atoms with Crippen LogP contribution in [-0.4, -0.2) is 19.2 Å². The van der Waals surface area contributed by atoms with Crippen LogP contribution in [0.25, 0.3) is 0 Å². The second-order valence-corrected chi connectivity index (χ2v) is 6.85. The third-order valence-corrected chi connectivity index (χ3v) is 3.36. The Balaban J connectivity index is 2.53. The monoisotopic (exact) mass is 333 g/mol. The summed E-state index contributed by atoms with van der Waals surface area (Å²) in [4.78, 5) is 0. The van der Waals surface area contributed by atoms with Crippen molar-refractivity contribution in [2.24, 2.45) is 5.41 Å². The number of nitrogens with one attached hydrogen (secondary N) is 1. The van der Waals surface area contributed by atoms with Gasteiger partial charge in [0, 0.05) is 23.0 Å². The van der Waals surface area contributed by atoms with Crippen LogP contribution in [0.5, 0.6) is 5.75 Å². The molecule has 1 aromatic carbocycles. The molecule has 0 fully saturated rings. The molecule has 2 nitrogen and oxygen atoms in total. The van der Waals surface area contributed by atoms with Crippen LogP contribution >= 0.6 is 27.5 Å². The lowest BCUT2D eigenvalue weighted by molar-refractivity contribution is 0.172. The summed E-state index contributed by atoms with van der Waals surface area (Å²) in [5.41, 5.74) is 0.0867. The van der Waals surface area contributed by atoms with E-state index in [2.05, 4.69) is 48.9 Å². The Morgan fingerprint density at radius 3 is 2.61 bits per heavy atom. The van der Waals surface area contributed by atoms with Crippen LogP contribution in [0.3, 0.4) is 0 Å². The molecular formula is C14H21BrClNO. The Hall–Kier alpha value is -0.250. The fourth-order valence-corrected chi connectivity index (χ4v) is 2.19. The normalized spacial score (nSPS) is 11.9. The molecular weight excluding hydrogens is 314 g/mol. The highest BCUT2D eigenvalue weighted by molar-refractivity contribution is 9.10. The van der Waals surface area contributed by atoms with Crippen LogP contribution in [0.2, 0.25) is 5.02 Å². The second kappa shape index (κ2) is 6.78. The van der Waals surface area contributed by atoms with Gasteiger partial charge in [0.1, 0.15) is 5.75 Å². The number of hydrogen-bond acceptors (Lipinski definition) is 2. The molecule has 18 heavy (non-hydrogen) atoms. The molecule has 0 unspecified atom stereocenters. The van der Waals surface area contributed by atoms with Gasteiger partial charge in [-0.1, -0.05) is 39.3 Å². The standard InChI is InChI=1S/C14H21BrClNO/c1-10(2)17-8-14(3,4)9-18-13-6-5-11(16)7-12(13)15/h5-7,10,17H,8-9H2,1-4H3. The lowest BCUT2D eigenvalue weighted by Crippen LogP contribution is -2.37. The number of hydrogen-bond donors (Lipinski definition) is 1. The Kier molecular flexibility index (Phi) is 5.96. The SMILES string of the molecule is CC(C)NCC(C)(C)COc1ccc(Cl)cc1Br. The zero-order valence-corrected chi connectivity index (χ0v) is 13.7. The summed E-state index contributed by atoms with van der Waals surface area (Å²) in [5, 5.41) is 4.14. The molecule has 0 radical (unpaired) electrons. The van der Waals surface area contributed by atoms with E-state index in [4.69, 9.17) is 16.3 Å². The van der Waals surface area contributed by atoms with Crippen LogP contribution in [0.1, 0.15) is 27.7 Å². The van der Waals surface area contributed by atoms with Crippen LogP contribution in [-0.2, 0) is 0 Å². The van der Waals surface area contributed by atoms with Crippen molar-refractivity contribution in [3.8, 4) is 5.75 Å². The summed E-state index contributed by atoms with van der Waals surface area (Å²) in [6.45, 7) is 10.3. The van der Waals surface area contributed by atoms with Gasteiger partial charge >= 0.3 is 0 Å². The molecule has 0 saturated heterocycles. The average Bonchev–Trinajstić information content (AvgIpc) is 2.25. The summed E-state index contributed by atoms with van der Waals surface area (Å²) in [5.74, 6) is 0.831. The molecule has 0 saturated carbocycles. The number of halogens is 2. The third-order valence-electron chi connectivity index (χ3n) is 2.50. The molecule has 0 aliphatic rings. The summed E-state index contributed by atoms with van der Waals surface area (Å²) in [6, 6.07) is 6.06. The average molecular weight is 335 g/mol. The largest absolute Gasteiger partial charge is 0.492 e. The van der Waals surface area contributed by atoms with Gasteiger partial charge in [0.25, 0.3) is 0 Å². The smallest absolute Gasteiger partial charge is 0.133 e. The zero-order chi connectivity index (χ0) is 13.8. The molecule has 0 amide bonds. The van der Waals surface area contributed by atoms with Gasteiger partial charge in [0.15, 0.2) is 0 Å². The van der Waals surface area contributed by atoms with Gasteiger partial charge in [-0.3, -0.25) is 0 Å². The van der Waals surface area contributed by atoms with E-state index in [1.54, 1.807) is 0 Å². The Bertz CT molecular complexity index is 393. The van der Waals surface area contributed by atoms with Crippen LogP contribution in [0.4, 0.5) is 0 Å². The Morgan fingerprint density at radius 2 is 2.06 bits per heavy atom. The highest BCUT2D eigenvalue weighted by atomic mass is 79.9. The Labute approximate surface area is 123 Å². The van der Waals surface area contributed by atoms with Crippen molar-refractivity contribution >= 4 is 27.5 Å². The molecule has 0 atom stereocenters. The summed E-state index contributed by atoms with van der Waals surface area (Å²) >= 11 is 9.35. The lowest BCUT2D eigenvalue weighted by atomic mass is 9.94. The van der Waals surface area contributed by atoms with Gasteiger partial charge < -0.3 is 10.1 Å². The molecule has 0 aromatic heterocycles. The lowest BCUT2D eigenvalue weighted by Gasteiger charge is -2.26. The van der Waals surface area contributed by atoms with Crippen molar-refractivity contribution in [3.05, 3.63) is 27.7 Å². The number of benzene rings is 1. The van der Waals surface area contributed by atoms with Crippen molar-refractivity contribution in [1.29, 1.82) is 0 Å². The van der Waals surface area contributed by atoms with E-state index >= 15 is 0 Å². The van der Waals surface area contributed by atoms with Crippen molar-refractivity contribution in [2.75, 3.05) is 13.2 Å². The predicted molar refractivity (Wildman–Crippen MR) is 81.6 cm³/mol. The van der Waals surface area contributed by atoms with E-state index in [1.165, 1.54) is 0 Å². The van der Waals surface area contributed by atoms with E-state index in [-0.39, 0.29) is 5.41 Å². The third kappa shape index (κ3) is 5.59. The van der Waals surface area contributed by atoms with Gasteiger partial charge in [-0.25, -0.2) is 0 Å². The van der Waals surface area contributed by atoms with E-state index in [1.807, 2.05) is 18.2 Å². The maximum absolute atomic E-state index is 5.90. The molecule has 0 aliphatic heterocycles. The van der Waals surface area contributed by atoms with Gasteiger partial charge in [0.2, 0.25) is 0 Å². The highest BCUT2D eigenvalue weighted by Crippen LogP contribution is 2.29. The first-order chi connectivity index (χ1) is 8.30. The van der Waals surface area contributed by atoms with Gasteiger partial charge in [0.05, 0.1) is 11.1 Å². The first-order valence-electron chi connectivity index (χ1n) is 6.11. The van der Waals surface area contributed by atoms with Crippen LogP contribution in [0, 0.1) is 5.41 Å².